The maximum absolute atomic E-state index is 10.5. The summed E-state index contributed by atoms with van der Waals surface area (Å²) in [4.78, 5) is 0. The minimum Gasteiger partial charge on any atom is -0.309 e. The Balaban J connectivity index is 1.38. The van der Waals surface area contributed by atoms with E-state index in [-0.39, 0.29) is 4.70 Å². The standard InChI is InChI=1S/C54H34N2S/c1-3-15-35(16-4-1)36-17-13-18-37(31-36)47-33-40(34-48-45-23-9-12-28-52(45)57-54(47)48)55-49-26-10-7-21-42(49)44-30-29-38(32-51(44)55)41-24-14-25-46-43-22-8-11-27-50(43)56(53(41)46)39-19-5-2-6-20-39/h1-34H/i1D,2D,3D,4D,5D,6D,7D,8D,9D,10D,11D,12D,13D,14D,15D,16D,17D,18D,19D,20D,21D,22D,23D,24D,25D,26D,27D,28D,29D,30D,31D,32D,33D,34D. The molecule has 3 aromatic heterocycles. The third-order valence-corrected chi connectivity index (χ3v) is 10.4. The van der Waals surface area contributed by atoms with Gasteiger partial charge in [0.25, 0.3) is 0 Å². The Labute approximate surface area is 381 Å². The summed E-state index contributed by atoms with van der Waals surface area (Å²) < 4.78 is 313. The summed E-state index contributed by atoms with van der Waals surface area (Å²) >= 11 is 0.488. The van der Waals surface area contributed by atoms with Crippen molar-refractivity contribution in [3.8, 4) is 44.8 Å². The van der Waals surface area contributed by atoms with E-state index in [1.54, 1.807) is 0 Å². The highest BCUT2D eigenvalue weighted by Crippen LogP contribution is 2.45. The maximum atomic E-state index is 10.5. The summed E-state index contributed by atoms with van der Waals surface area (Å²) in [7, 11) is 0. The van der Waals surface area contributed by atoms with Gasteiger partial charge in [-0.3, -0.25) is 0 Å². The van der Waals surface area contributed by atoms with Gasteiger partial charge in [-0.15, -0.1) is 11.3 Å². The number of thiophene rings is 1. The highest BCUT2D eigenvalue weighted by atomic mass is 32.1. The zero-order valence-corrected chi connectivity index (χ0v) is 29.1. The largest absolute Gasteiger partial charge is 0.309 e. The molecule has 0 atom stereocenters. The van der Waals surface area contributed by atoms with Gasteiger partial charge in [-0.25, -0.2) is 0 Å². The quantitative estimate of drug-likeness (QED) is 0.165. The lowest BCUT2D eigenvalue weighted by Crippen LogP contribution is -1.96. The minimum atomic E-state index is -1.15. The second kappa shape index (κ2) is 12.7. The molecule has 0 fully saturated rings. The Morgan fingerprint density at radius 1 is 0.333 bits per heavy atom. The Bertz CT molecular complexity index is 5470. The molecule has 0 unspecified atom stereocenters. The van der Waals surface area contributed by atoms with Crippen LogP contribution < -0.4 is 0 Å². The first kappa shape index (κ1) is 13.2. The van der Waals surface area contributed by atoms with Gasteiger partial charge in [-0.05, 0) is 76.6 Å². The van der Waals surface area contributed by atoms with Crippen LogP contribution in [-0.2, 0) is 0 Å². The van der Waals surface area contributed by atoms with Gasteiger partial charge in [0.05, 0.1) is 68.7 Å². The Kier molecular flexibility index (Phi) is 2.93. The second-order valence-electron chi connectivity index (χ2n) is 12.3. The molecular weight excluding hydrogens is 709 g/mol. The van der Waals surface area contributed by atoms with E-state index < -0.39 is 309 Å². The molecule has 0 amide bonds. The molecule has 266 valence electrons. The zero-order chi connectivity index (χ0) is 67.0. The molecule has 0 saturated carbocycles. The predicted octanol–water partition coefficient (Wildman–Crippen LogP) is 15.2. The van der Waals surface area contributed by atoms with Crippen molar-refractivity contribution in [2.24, 2.45) is 0 Å². The van der Waals surface area contributed by atoms with Crippen molar-refractivity contribution in [2.75, 3.05) is 0 Å². The van der Waals surface area contributed by atoms with Crippen molar-refractivity contribution in [1.29, 1.82) is 0 Å². The Morgan fingerprint density at radius 3 is 1.75 bits per heavy atom. The lowest BCUT2D eigenvalue weighted by molar-refractivity contribution is 1.18. The summed E-state index contributed by atoms with van der Waals surface area (Å²) in [5.41, 5.74) is -10.1. The molecule has 0 spiro atoms. The van der Waals surface area contributed by atoms with Crippen LogP contribution in [0.25, 0.3) is 109 Å². The minimum absolute atomic E-state index is 0.327. The number of fused-ring (bicyclic) bond motifs is 9. The van der Waals surface area contributed by atoms with Crippen LogP contribution in [0.2, 0.25) is 0 Å². The van der Waals surface area contributed by atoms with Gasteiger partial charge in [-0.2, -0.15) is 0 Å². The van der Waals surface area contributed by atoms with Crippen LogP contribution in [0.15, 0.2) is 205 Å². The molecule has 0 N–H and O–H groups in total. The maximum Gasteiger partial charge on any atom is 0.0652 e. The van der Waals surface area contributed by atoms with Gasteiger partial charge in [0.2, 0.25) is 0 Å². The predicted molar refractivity (Wildman–Crippen MR) is 244 cm³/mol. The van der Waals surface area contributed by atoms with Gasteiger partial charge >= 0.3 is 0 Å². The van der Waals surface area contributed by atoms with Crippen LogP contribution in [0.4, 0.5) is 0 Å². The van der Waals surface area contributed by atoms with Crippen LogP contribution in [-0.4, -0.2) is 9.13 Å². The number of rotatable bonds is 5. The molecule has 0 bridgehead atoms. The van der Waals surface area contributed by atoms with Crippen molar-refractivity contribution < 1.29 is 46.6 Å². The monoisotopic (exact) mass is 776 g/mol. The van der Waals surface area contributed by atoms with E-state index in [0.29, 0.717) is 20.5 Å². The van der Waals surface area contributed by atoms with Crippen LogP contribution in [0, 0.1) is 0 Å². The van der Waals surface area contributed by atoms with Gasteiger partial charge in [0.1, 0.15) is 0 Å². The molecule has 3 heteroatoms. The first-order valence-corrected chi connectivity index (χ1v) is 17.6. The lowest BCUT2D eigenvalue weighted by atomic mass is 9.97. The fraction of sp³-hybridized carbons (Fsp3) is 0. The van der Waals surface area contributed by atoms with Gasteiger partial charge < -0.3 is 9.13 Å². The lowest BCUT2D eigenvalue weighted by Gasteiger charge is -2.14. The van der Waals surface area contributed by atoms with E-state index in [1.807, 2.05) is 0 Å². The van der Waals surface area contributed by atoms with Crippen molar-refractivity contribution in [3.63, 3.8) is 0 Å². The molecule has 9 aromatic carbocycles. The van der Waals surface area contributed by atoms with Crippen molar-refractivity contribution >= 4 is 75.1 Å². The number of para-hydroxylation sites is 4. The average Bonchev–Trinajstić information content (AvgIpc) is 1.55. The molecule has 0 aliphatic rings. The van der Waals surface area contributed by atoms with Crippen LogP contribution in [0.5, 0.6) is 0 Å². The fourth-order valence-corrected chi connectivity index (χ4v) is 7.96. The van der Waals surface area contributed by atoms with Gasteiger partial charge in [0, 0.05) is 64.2 Å². The van der Waals surface area contributed by atoms with Crippen molar-refractivity contribution in [1.82, 2.24) is 9.13 Å². The Morgan fingerprint density at radius 2 is 0.930 bits per heavy atom. The number of benzene rings is 9. The van der Waals surface area contributed by atoms with E-state index in [0.717, 1.165) is 0 Å². The first-order chi connectivity index (χ1) is 42.4. The first-order valence-electron chi connectivity index (χ1n) is 33.7. The normalized spacial score (nSPS) is 20.2. The summed E-state index contributed by atoms with van der Waals surface area (Å²) in [5.74, 6) is 0. The Hall–Kier alpha value is -7.20. The molecule has 57 heavy (non-hydrogen) atoms. The topological polar surface area (TPSA) is 9.86 Å². The average molecular weight is 777 g/mol. The van der Waals surface area contributed by atoms with Crippen LogP contribution in [0.1, 0.15) is 46.6 Å². The van der Waals surface area contributed by atoms with Gasteiger partial charge in [0.15, 0.2) is 0 Å². The molecule has 3 heterocycles. The molecular formula is C54H34N2S. The molecule has 0 aliphatic carbocycles. The second-order valence-corrected chi connectivity index (χ2v) is 13.3. The third-order valence-electron chi connectivity index (χ3n) is 9.23. The number of nitrogens with zero attached hydrogens (tertiary/aromatic N) is 2. The van der Waals surface area contributed by atoms with E-state index >= 15 is 0 Å². The molecule has 0 radical (unpaired) electrons. The number of hydrogen-bond donors (Lipinski definition) is 0. The molecule has 0 aliphatic heterocycles. The third kappa shape index (κ3) is 4.96. The van der Waals surface area contributed by atoms with Crippen molar-refractivity contribution in [2.45, 2.75) is 0 Å². The molecule has 12 aromatic rings. The summed E-state index contributed by atoms with van der Waals surface area (Å²) in [6, 6.07) is -33.5. The highest BCUT2D eigenvalue weighted by Gasteiger charge is 2.20. The van der Waals surface area contributed by atoms with Crippen LogP contribution in [0.3, 0.4) is 0 Å². The van der Waals surface area contributed by atoms with E-state index in [2.05, 4.69) is 0 Å². The SMILES string of the molecule is [2H]c1c([2H])c([2H])c(-c2c([2H])c([2H])c([2H])c(-c3c([2H])c(-n4c5c([2H])c([2H])c([2H])c([2H])c5c5c([2H])c([2H])c(-c6c([2H])c([2H])c([2H])c7c8c([2H])c([2H])c([2H])c([2H])c8n(-c8c([2H])c([2H])c([2H])c([2H])c8[2H])c67)c([2H])c54)c([2H])c4c3sc3c([2H])c([2H])c([2H])c([2H])c34)c2[2H])c([2H])c1[2H]. The summed E-state index contributed by atoms with van der Waals surface area (Å²) in [6.45, 7) is 0. The number of aromatic nitrogens is 2. The number of hydrogen-bond acceptors (Lipinski definition) is 1. The smallest absolute Gasteiger partial charge is 0.0652 e. The zero-order valence-electron chi connectivity index (χ0n) is 62.3. The van der Waals surface area contributed by atoms with Crippen LogP contribution >= 0.6 is 11.3 Å². The van der Waals surface area contributed by atoms with Gasteiger partial charge in [-0.1, -0.05) is 151 Å². The van der Waals surface area contributed by atoms with E-state index in [1.165, 1.54) is 0 Å². The fourth-order valence-electron chi connectivity index (χ4n) is 6.89. The highest BCUT2D eigenvalue weighted by molar-refractivity contribution is 7.26. The molecule has 2 nitrogen and oxygen atoms in total. The molecule has 12 rings (SSSR count). The van der Waals surface area contributed by atoms with E-state index in [4.69, 9.17) is 26.0 Å². The van der Waals surface area contributed by atoms with Crippen molar-refractivity contribution in [3.05, 3.63) is 205 Å². The molecule has 0 saturated heterocycles. The summed E-state index contributed by atoms with van der Waals surface area (Å²) in [5, 5.41) is -3.73. The van der Waals surface area contributed by atoms with E-state index in [9.17, 15) is 20.6 Å². The summed E-state index contributed by atoms with van der Waals surface area (Å²) in [6.07, 6.45) is 0.